The molecule has 92 valence electrons. The van der Waals surface area contributed by atoms with Gasteiger partial charge in [0.1, 0.15) is 0 Å². The highest BCUT2D eigenvalue weighted by atomic mass is 14.3. The van der Waals surface area contributed by atoms with E-state index < -0.39 is 0 Å². The monoisotopic (exact) mass is 228 g/mol. The second-order valence-corrected chi connectivity index (χ2v) is 5.66. The van der Waals surface area contributed by atoms with Gasteiger partial charge in [0.25, 0.3) is 0 Å². The van der Waals surface area contributed by atoms with Gasteiger partial charge in [-0.2, -0.15) is 0 Å². The number of hydrogen-bond donors (Lipinski definition) is 0. The van der Waals surface area contributed by atoms with Crippen LogP contribution in [0.5, 0.6) is 0 Å². The third-order valence-corrected chi connectivity index (χ3v) is 3.78. The average molecular weight is 228 g/mol. The minimum Gasteiger partial charge on any atom is -0.0842 e. The van der Waals surface area contributed by atoms with E-state index in [4.69, 9.17) is 0 Å². The largest absolute Gasteiger partial charge is 0.0842 e. The zero-order valence-electron chi connectivity index (χ0n) is 11.1. The summed E-state index contributed by atoms with van der Waals surface area (Å²) in [5.41, 5.74) is 1.67. The third kappa shape index (κ3) is 3.46. The molecule has 2 rings (SSSR count). The van der Waals surface area contributed by atoms with Gasteiger partial charge >= 0.3 is 0 Å². The van der Waals surface area contributed by atoms with E-state index in [0.717, 1.165) is 17.8 Å². The van der Waals surface area contributed by atoms with Gasteiger partial charge in [-0.05, 0) is 43.4 Å². The summed E-state index contributed by atoms with van der Waals surface area (Å²) in [6, 6.07) is 0. The van der Waals surface area contributed by atoms with Crippen LogP contribution in [0.25, 0.3) is 0 Å². The van der Waals surface area contributed by atoms with E-state index in [2.05, 4.69) is 56.4 Å². The minimum absolute atomic E-state index is 0.722. The van der Waals surface area contributed by atoms with Crippen LogP contribution in [-0.4, -0.2) is 0 Å². The maximum atomic E-state index is 2.41. The number of hydrogen-bond acceptors (Lipinski definition) is 0. The Bertz CT molecular complexity index is 352. The van der Waals surface area contributed by atoms with Crippen LogP contribution in [0.2, 0.25) is 0 Å². The lowest BCUT2D eigenvalue weighted by molar-refractivity contribution is 0.362. The van der Waals surface area contributed by atoms with Crippen molar-refractivity contribution >= 4 is 0 Å². The summed E-state index contributed by atoms with van der Waals surface area (Å²) in [5, 5.41) is 0. The molecule has 2 atom stereocenters. The van der Waals surface area contributed by atoms with Crippen LogP contribution in [0, 0.1) is 17.8 Å². The maximum Gasteiger partial charge on any atom is -0.0130 e. The summed E-state index contributed by atoms with van der Waals surface area (Å²) < 4.78 is 0. The van der Waals surface area contributed by atoms with Gasteiger partial charge in [0.2, 0.25) is 0 Å². The molecular formula is C17H24. The zero-order valence-corrected chi connectivity index (χ0v) is 11.1. The van der Waals surface area contributed by atoms with E-state index in [0.29, 0.717) is 0 Å². The van der Waals surface area contributed by atoms with Gasteiger partial charge in [-0.15, -0.1) is 0 Å². The molecule has 0 N–H and O–H groups in total. The topological polar surface area (TPSA) is 0 Å². The Hall–Kier alpha value is -1.04. The highest BCUT2D eigenvalue weighted by Gasteiger charge is 2.24. The van der Waals surface area contributed by atoms with Crippen LogP contribution < -0.4 is 0 Å². The van der Waals surface area contributed by atoms with Crippen molar-refractivity contribution in [1.82, 2.24) is 0 Å². The second-order valence-electron chi connectivity index (χ2n) is 5.66. The molecule has 0 heterocycles. The van der Waals surface area contributed by atoms with Gasteiger partial charge in [0.05, 0.1) is 0 Å². The van der Waals surface area contributed by atoms with Crippen molar-refractivity contribution in [2.45, 2.75) is 39.5 Å². The summed E-state index contributed by atoms with van der Waals surface area (Å²) >= 11 is 0. The van der Waals surface area contributed by atoms with Crippen molar-refractivity contribution < 1.29 is 0 Å². The number of allylic oxidation sites excluding steroid dienone is 8. The van der Waals surface area contributed by atoms with Crippen LogP contribution >= 0.6 is 0 Å². The summed E-state index contributed by atoms with van der Waals surface area (Å²) in [7, 11) is 0. The molecular weight excluding hydrogens is 204 g/mol. The van der Waals surface area contributed by atoms with Crippen LogP contribution in [0.3, 0.4) is 0 Å². The van der Waals surface area contributed by atoms with Gasteiger partial charge in [0.15, 0.2) is 0 Å². The van der Waals surface area contributed by atoms with E-state index in [1.807, 2.05) is 0 Å². The van der Waals surface area contributed by atoms with E-state index in [1.165, 1.54) is 25.7 Å². The molecule has 0 heteroatoms. The first-order valence-corrected chi connectivity index (χ1v) is 6.96. The van der Waals surface area contributed by atoms with Gasteiger partial charge in [-0.3, -0.25) is 0 Å². The fourth-order valence-corrected chi connectivity index (χ4v) is 2.94. The lowest BCUT2D eigenvalue weighted by Crippen LogP contribution is -2.19. The highest BCUT2D eigenvalue weighted by molar-refractivity contribution is 5.24. The number of rotatable bonds is 4. The normalized spacial score (nSPS) is 25.1. The highest BCUT2D eigenvalue weighted by Crippen LogP contribution is 2.35. The first-order valence-electron chi connectivity index (χ1n) is 6.96. The van der Waals surface area contributed by atoms with Crippen molar-refractivity contribution in [3.05, 3.63) is 48.1 Å². The van der Waals surface area contributed by atoms with Gasteiger partial charge < -0.3 is 0 Å². The molecule has 0 amide bonds. The van der Waals surface area contributed by atoms with E-state index >= 15 is 0 Å². The van der Waals surface area contributed by atoms with Crippen LogP contribution in [0.1, 0.15) is 39.5 Å². The Morgan fingerprint density at radius 3 is 2.65 bits per heavy atom. The van der Waals surface area contributed by atoms with Crippen LogP contribution in [-0.2, 0) is 0 Å². The minimum atomic E-state index is 0.722. The molecule has 0 nitrogen and oxygen atoms in total. The predicted octanol–water partition coefficient (Wildman–Crippen LogP) is 5.06. The van der Waals surface area contributed by atoms with Crippen LogP contribution in [0.4, 0.5) is 0 Å². The molecule has 0 aromatic carbocycles. The molecule has 0 aliphatic heterocycles. The molecule has 2 aliphatic rings. The summed E-state index contributed by atoms with van der Waals surface area (Å²) in [5.74, 6) is 2.26. The molecule has 0 aromatic rings. The molecule has 2 aliphatic carbocycles. The Morgan fingerprint density at radius 2 is 2.06 bits per heavy atom. The van der Waals surface area contributed by atoms with Crippen molar-refractivity contribution in [1.29, 1.82) is 0 Å². The molecule has 2 unspecified atom stereocenters. The van der Waals surface area contributed by atoms with E-state index in [-0.39, 0.29) is 0 Å². The standard InChI is InChI=1S/C17H24/c1-14(2)13-17(15-9-5-3-6-10-15)16-11-7-4-8-12-16/h3-7,9,11,14-15,17H,8,10,12-13H2,1-2H3. The Balaban J connectivity index is 2.12. The lowest BCUT2D eigenvalue weighted by Gasteiger charge is -2.30. The Kier molecular flexibility index (Phi) is 4.42. The molecule has 0 spiro atoms. The fraction of sp³-hybridized carbons (Fsp3) is 0.529. The maximum absolute atomic E-state index is 2.41. The van der Waals surface area contributed by atoms with E-state index in [9.17, 15) is 0 Å². The van der Waals surface area contributed by atoms with Gasteiger partial charge in [-0.25, -0.2) is 0 Å². The first kappa shape index (κ1) is 12.4. The molecule has 0 saturated heterocycles. The third-order valence-electron chi connectivity index (χ3n) is 3.78. The molecule has 0 saturated carbocycles. The Labute approximate surface area is 106 Å². The zero-order chi connectivity index (χ0) is 12.1. The Morgan fingerprint density at radius 1 is 1.18 bits per heavy atom. The molecule has 0 bridgehead atoms. The average Bonchev–Trinajstić information content (AvgIpc) is 2.38. The lowest BCUT2D eigenvalue weighted by atomic mass is 9.75. The summed E-state index contributed by atoms with van der Waals surface area (Å²) in [6.45, 7) is 4.68. The summed E-state index contributed by atoms with van der Waals surface area (Å²) in [4.78, 5) is 0. The van der Waals surface area contributed by atoms with Crippen molar-refractivity contribution in [2.24, 2.45) is 17.8 Å². The quantitative estimate of drug-likeness (QED) is 0.631. The van der Waals surface area contributed by atoms with Gasteiger partial charge in [0, 0.05) is 0 Å². The fourth-order valence-electron chi connectivity index (χ4n) is 2.94. The molecule has 0 aromatic heterocycles. The van der Waals surface area contributed by atoms with E-state index in [1.54, 1.807) is 5.57 Å². The van der Waals surface area contributed by atoms with Gasteiger partial charge in [-0.1, -0.05) is 62.0 Å². The SMILES string of the molecule is CC(C)CC(C1=CC=CCC1)C1C=CC=CC1. The summed E-state index contributed by atoms with van der Waals surface area (Å²) in [6.07, 6.45) is 21.1. The predicted molar refractivity (Wildman–Crippen MR) is 75.8 cm³/mol. The molecule has 17 heavy (non-hydrogen) atoms. The molecule has 0 radical (unpaired) electrons. The van der Waals surface area contributed by atoms with Crippen molar-refractivity contribution in [2.75, 3.05) is 0 Å². The van der Waals surface area contributed by atoms with Crippen LogP contribution in [0.15, 0.2) is 48.1 Å². The van der Waals surface area contributed by atoms with Crippen molar-refractivity contribution in [3.63, 3.8) is 0 Å². The smallest absolute Gasteiger partial charge is 0.0130 e. The van der Waals surface area contributed by atoms with Crippen molar-refractivity contribution in [3.8, 4) is 0 Å². The second kappa shape index (κ2) is 6.05. The molecule has 0 fully saturated rings. The first-order chi connectivity index (χ1) is 8.27.